The van der Waals surface area contributed by atoms with E-state index in [4.69, 9.17) is 16.2 Å². The summed E-state index contributed by atoms with van der Waals surface area (Å²) < 4.78 is 5.04. The summed E-state index contributed by atoms with van der Waals surface area (Å²) in [6, 6.07) is 0. The van der Waals surface area contributed by atoms with Crippen molar-refractivity contribution in [2.75, 3.05) is 11.5 Å². The van der Waals surface area contributed by atoms with Gasteiger partial charge in [0.2, 0.25) is 11.9 Å². The van der Waals surface area contributed by atoms with Gasteiger partial charge in [-0.1, -0.05) is 0 Å². The van der Waals surface area contributed by atoms with Crippen LogP contribution in [0.4, 0.5) is 16.7 Å². The maximum Gasteiger partial charge on any atom is 0.408 e. The van der Waals surface area contributed by atoms with Crippen LogP contribution in [0.2, 0.25) is 0 Å². The van der Waals surface area contributed by atoms with E-state index in [2.05, 4.69) is 20.3 Å². The molecule has 0 spiro atoms. The number of nitrogen functional groups attached to an aromatic ring is 2. The molecule has 0 saturated heterocycles. The zero-order chi connectivity index (χ0) is 13.1. The third-order valence-corrected chi connectivity index (χ3v) is 1.51. The maximum atomic E-state index is 11.3. The first-order chi connectivity index (χ1) is 7.76. The number of hydrogen-bond acceptors (Lipinski definition) is 7. The predicted octanol–water partition coefficient (Wildman–Crippen LogP) is 0.0607. The molecular weight excluding hydrogens is 224 g/mol. The van der Waals surface area contributed by atoms with Crippen LogP contribution in [-0.2, 0) is 11.3 Å². The zero-order valence-electron chi connectivity index (χ0n) is 10.0. The molecule has 1 aromatic rings. The van der Waals surface area contributed by atoms with E-state index in [1.165, 1.54) is 0 Å². The molecule has 1 heterocycles. The average molecular weight is 240 g/mol. The summed E-state index contributed by atoms with van der Waals surface area (Å²) in [6.45, 7) is 5.38. The summed E-state index contributed by atoms with van der Waals surface area (Å²) in [5.74, 6) is 0.304. The molecule has 0 radical (unpaired) electrons. The van der Waals surface area contributed by atoms with Gasteiger partial charge in [-0.2, -0.15) is 15.0 Å². The van der Waals surface area contributed by atoms with E-state index in [9.17, 15) is 4.79 Å². The van der Waals surface area contributed by atoms with E-state index in [1.54, 1.807) is 20.8 Å². The Hall–Kier alpha value is -2.12. The smallest absolute Gasteiger partial charge is 0.408 e. The number of aromatic nitrogens is 3. The third kappa shape index (κ3) is 4.96. The van der Waals surface area contributed by atoms with Gasteiger partial charge >= 0.3 is 6.09 Å². The second-order valence-corrected chi connectivity index (χ2v) is 4.32. The van der Waals surface area contributed by atoms with Gasteiger partial charge in [0.05, 0.1) is 6.54 Å². The minimum absolute atomic E-state index is 0.0125. The number of nitrogens with zero attached hydrogens (tertiary/aromatic N) is 3. The topological polar surface area (TPSA) is 129 Å². The Bertz CT molecular complexity index is 394. The van der Waals surface area contributed by atoms with Crippen molar-refractivity contribution in [1.82, 2.24) is 20.3 Å². The molecule has 0 aromatic carbocycles. The van der Waals surface area contributed by atoms with Crippen molar-refractivity contribution in [2.45, 2.75) is 32.9 Å². The highest BCUT2D eigenvalue weighted by Gasteiger charge is 2.16. The van der Waals surface area contributed by atoms with E-state index in [0.29, 0.717) is 0 Å². The number of rotatable bonds is 2. The first-order valence-electron chi connectivity index (χ1n) is 4.99. The summed E-state index contributed by atoms with van der Waals surface area (Å²) in [6.07, 6.45) is -0.560. The number of nitrogens with one attached hydrogen (secondary N) is 1. The molecule has 0 fully saturated rings. The Morgan fingerprint density at radius 1 is 1.24 bits per heavy atom. The lowest BCUT2D eigenvalue weighted by Crippen LogP contribution is -2.32. The van der Waals surface area contributed by atoms with Crippen molar-refractivity contribution in [3.05, 3.63) is 5.82 Å². The molecule has 0 bridgehead atoms. The van der Waals surface area contributed by atoms with Gasteiger partial charge in [0.15, 0.2) is 5.82 Å². The van der Waals surface area contributed by atoms with E-state index < -0.39 is 11.7 Å². The van der Waals surface area contributed by atoms with Crippen molar-refractivity contribution >= 4 is 18.0 Å². The minimum atomic E-state index is -0.560. The highest BCUT2D eigenvalue weighted by atomic mass is 16.6. The van der Waals surface area contributed by atoms with Gasteiger partial charge in [0.1, 0.15) is 5.60 Å². The number of nitrogens with two attached hydrogens (primary N) is 2. The molecule has 0 aliphatic carbocycles. The number of amides is 1. The molecule has 17 heavy (non-hydrogen) atoms. The van der Waals surface area contributed by atoms with Crippen LogP contribution in [0, 0.1) is 0 Å². The highest BCUT2D eigenvalue weighted by Crippen LogP contribution is 2.06. The molecular formula is C9H16N6O2. The van der Waals surface area contributed by atoms with Gasteiger partial charge in [-0.05, 0) is 20.8 Å². The van der Waals surface area contributed by atoms with Crippen molar-refractivity contribution in [3.63, 3.8) is 0 Å². The molecule has 1 amide bonds. The lowest BCUT2D eigenvalue weighted by molar-refractivity contribution is 0.0522. The van der Waals surface area contributed by atoms with Crippen molar-refractivity contribution < 1.29 is 9.53 Å². The monoisotopic (exact) mass is 240 g/mol. The lowest BCUT2D eigenvalue weighted by Gasteiger charge is -2.19. The fourth-order valence-corrected chi connectivity index (χ4v) is 1.00. The van der Waals surface area contributed by atoms with Crippen molar-refractivity contribution in [2.24, 2.45) is 0 Å². The molecule has 0 aliphatic heterocycles. The van der Waals surface area contributed by atoms with Crippen LogP contribution in [0.1, 0.15) is 26.6 Å². The normalized spacial score (nSPS) is 11.0. The number of hydrogen-bond donors (Lipinski definition) is 3. The van der Waals surface area contributed by atoms with E-state index in [-0.39, 0.29) is 24.3 Å². The van der Waals surface area contributed by atoms with Gasteiger partial charge < -0.3 is 21.5 Å². The van der Waals surface area contributed by atoms with Crippen molar-refractivity contribution in [3.8, 4) is 0 Å². The molecule has 0 unspecified atom stereocenters. The predicted molar refractivity (Wildman–Crippen MR) is 61.7 cm³/mol. The number of alkyl carbamates (subject to hydrolysis) is 1. The van der Waals surface area contributed by atoms with Crippen LogP contribution in [-0.4, -0.2) is 26.6 Å². The summed E-state index contributed by atoms with van der Waals surface area (Å²) in [7, 11) is 0. The fraction of sp³-hybridized carbons (Fsp3) is 0.556. The Labute approximate surface area is 98.8 Å². The molecule has 1 aromatic heterocycles. The quantitative estimate of drug-likeness (QED) is 0.666. The van der Waals surface area contributed by atoms with Crippen molar-refractivity contribution in [1.29, 1.82) is 0 Å². The van der Waals surface area contributed by atoms with Crippen LogP contribution >= 0.6 is 0 Å². The zero-order valence-corrected chi connectivity index (χ0v) is 10.0. The Morgan fingerprint density at radius 2 is 1.76 bits per heavy atom. The first-order valence-corrected chi connectivity index (χ1v) is 4.99. The Morgan fingerprint density at radius 3 is 2.24 bits per heavy atom. The van der Waals surface area contributed by atoms with E-state index in [1.807, 2.05) is 0 Å². The summed E-state index contributed by atoms with van der Waals surface area (Å²) in [4.78, 5) is 22.6. The molecule has 0 atom stereocenters. The van der Waals surface area contributed by atoms with Crippen LogP contribution in [0.15, 0.2) is 0 Å². The van der Waals surface area contributed by atoms with E-state index in [0.717, 1.165) is 0 Å². The molecule has 94 valence electrons. The van der Waals surface area contributed by atoms with Gasteiger partial charge in [-0.25, -0.2) is 4.79 Å². The SMILES string of the molecule is CC(C)(C)OC(=O)NCc1nc(N)nc(N)n1. The molecule has 8 nitrogen and oxygen atoms in total. The minimum Gasteiger partial charge on any atom is -0.444 e. The first kappa shape index (κ1) is 12.9. The molecule has 1 rings (SSSR count). The summed E-state index contributed by atoms with van der Waals surface area (Å²) in [5, 5.41) is 2.48. The number of carbonyl (C=O) groups excluding carboxylic acids is 1. The number of carbonyl (C=O) groups is 1. The maximum absolute atomic E-state index is 11.3. The average Bonchev–Trinajstić information content (AvgIpc) is 2.10. The number of ether oxygens (including phenoxy) is 1. The summed E-state index contributed by atoms with van der Waals surface area (Å²) in [5.41, 5.74) is 10.2. The second-order valence-electron chi connectivity index (χ2n) is 4.32. The number of anilines is 2. The van der Waals surface area contributed by atoms with Gasteiger partial charge in [-0.3, -0.25) is 0 Å². The van der Waals surface area contributed by atoms with Gasteiger partial charge in [0.25, 0.3) is 0 Å². The van der Waals surface area contributed by atoms with Crippen LogP contribution in [0.5, 0.6) is 0 Å². The Kier molecular flexibility index (Phi) is 3.66. The largest absolute Gasteiger partial charge is 0.444 e. The van der Waals surface area contributed by atoms with Crippen LogP contribution in [0.3, 0.4) is 0 Å². The van der Waals surface area contributed by atoms with Crippen LogP contribution < -0.4 is 16.8 Å². The molecule has 0 aliphatic rings. The summed E-state index contributed by atoms with van der Waals surface area (Å²) >= 11 is 0. The van der Waals surface area contributed by atoms with Gasteiger partial charge in [-0.15, -0.1) is 0 Å². The standard InChI is InChI=1S/C9H16N6O2/c1-9(2,3)17-8(16)12-4-5-13-6(10)15-7(11)14-5/h4H2,1-3H3,(H,12,16)(H4,10,11,13,14,15). The second kappa shape index (κ2) is 4.81. The van der Waals surface area contributed by atoms with Gasteiger partial charge in [0, 0.05) is 0 Å². The van der Waals surface area contributed by atoms with E-state index >= 15 is 0 Å². The lowest BCUT2D eigenvalue weighted by atomic mass is 10.2. The fourth-order valence-electron chi connectivity index (χ4n) is 1.00. The molecule has 8 heteroatoms. The third-order valence-electron chi connectivity index (χ3n) is 1.51. The van der Waals surface area contributed by atoms with Crippen LogP contribution in [0.25, 0.3) is 0 Å². The Balaban J connectivity index is 2.53. The molecule has 0 saturated carbocycles. The highest BCUT2D eigenvalue weighted by molar-refractivity contribution is 5.67. The molecule has 5 N–H and O–H groups in total.